The van der Waals surface area contributed by atoms with Gasteiger partial charge in [-0.15, -0.1) is 0 Å². The van der Waals surface area contributed by atoms with Gasteiger partial charge in [0.05, 0.1) is 6.54 Å². The van der Waals surface area contributed by atoms with Gasteiger partial charge in [0.1, 0.15) is 0 Å². The molecule has 0 aliphatic carbocycles. The number of alkyl halides is 2. The zero-order chi connectivity index (χ0) is 19.4. The van der Waals surface area contributed by atoms with Crippen LogP contribution in [-0.4, -0.2) is 30.7 Å². The van der Waals surface area contributed by atoms with Gasteiger partial charge in [-0.3, -0.25) is 9.59 Å². The van der Waals surface area contributed by atoms with E-state index in [4.69, 9.17) is 0 Å². The fourth-order valence-corrected chi connectivity index (χ4v) is 3.45. The number of anilines is 3. The summed E-state index contributed by atoms with van der Waals surface area (Å²) in [4.78, 5) is 25.9. The van der Waals surface area contributed by atoms with Crippen LogP contribution in [0.2, 0.25) is 0 Å². The van der Waals surface area contributed by atoms with Crippen molar-refractivity contribution in [2.75, 3.05) is 28.6 Å². The number of hydrogen-bond acceptors (Lipinski definition) is 4. The van der Waals surface area contributed by atoms with Gasteiger partial charge in [-0.1, -0.05) is 11.8 Å². The molecule has 0 fully saturated rings. The first-order chi connectivity index (χ1) is 12.9. The van der Waals surface area contributed by atoms with Gasteiger partial charge in [0.15, 0.2) is 0 Å². The molecule has 2 N–H and O–H groups in total. The lowest BCUT2D eigenvalue weighted by Crippen LogP contribution is -2.25. The number of benzene rings is 2. The van der Waals surface area contributed by atoms with Crippen LogP contribution in [0.1, 0.15) is 12.5 Å². The number of carbonyl (C=O) groups excluding carboxylic acids is 2. The zero-order valence-electron chi connectivity index (χ0n) is 14.7. The van der Waals surface area contributed by atoms with Gasteiger partial charge < -0.3 is 15.5 Å². The first kappa shape index (κ1) is 19.2. The molecule has 3 rings (SSSR count). The summed E-state index contributed by atoms with van der Waals surface area (Å²) in [5.74, 6) is -2.67. The molecule has 2 aromatic rings. The number of amides is 2. The SMILES string of the molecule is CC(=O)N1CCc2cc(NC(=O)CNc3ccc(SC(F)F)cc3)ccc21. The Hall–Kier alpha value is -2.61. The van der Waals surface area contributed by atoms with Gasteiger partial charge in [0.25, 0.3) is 5.76 Å². The van der Waals surface area contributed by atoms with E-state index in [1.165, 1.54) is 6.92 Å². The molecule has 1 aliphatic heterocycles. The van der Waals surface area contributed by atoms with Crippen molar-refractivity contribution in [1.29, 1.82) is 0 Å². The van der Waals surface area contributed by atoms with Crippen molar-refractivity contribution < 1.29 is 18.4 Å². The summed E-state index contributed by atoms with van der Waals surface area (Å²) in [5.41, 5.74) is 3.27. The summed E-state index contributed by atoms with van der Waals surface area (Å²) in [7, 11) is 0. The molecule has 0 atom stereocenters. The van der Waals surface area contributed by atoms with Crippen molar-refractivity contribution in [2.45, 2.75) is 24.0 Å². The number of hydrogen-bond donors (Lipinski definition) is 2. The summed E-state index contributed by atoms with van der Waals surface area (Å²) in [6.45, 7) is 2.25. The van der Waals surface area contributed by atoms with Crippen LogP contribution >= 0.6 is 11.8 Å². The molecule has 8 heteroatoms. The first-order valence-corrected chi connectivity index (χ1v) is 9.30. The summed E-state index contributed by atoms with van der Waals surface area (Å²) >= 11 is 0.480. The molecule has 0 radical (unpaired) electrons. The summed E-state index contributed by atoms with van der Waals surface area (Å²) < 4.78 is 24.6. The highest BCUT2D eigenvalue weighted by Gasteiger charge is 2.22. The van der Waals surface area contributed by atoms with Gasteiger partial charge in [0, 0.05) is 35.4 Å². The topological polar surface area (TPSA) is 61.4 Å². The van der Waals surface area contributed by atoms with Gasteiger partial charge in [-0.25, -0.2) is 0 Å². The molecule has 1 aliphatic rings. The van der Waals surface area contributed by atoms with E-state index in [1.54, 1.807) is 35.2 Å². The van der Waals surface area contributed by atoms with Crippen LogP contribution in [-0.2, 0) is 16.0 Å². The van der Waals surface area contributed by atoms with E-state index in [-0.39, 0.29) is 18.4 Å². The van der Waals surface area contributed by atoms with Gasteiger partial charge in [-0.2, -0.15) is 8.78 Å². The second-order valence-corrected chi connectivity index (χ2v) is 7.13. The lowest BCUT2D eigenvalue weighted by atomic mass is 10.1. The number of nitrogens with one attached hydrogen (secondary N) is 2. The van der Waals surface area contributed by atoms with E-state index >= 15 is 0 Å². The third kappa shape index (κ3) is 4.97. The second-order valence-electron chi connectivity index (χ2n) is 6.07. The zero-order valence-corrected chi connectivity index (χ0v) is 15.5. The Morgan fingerprint density at radius 2 is 1.85 bits per heavy atom. The molecule has 0 spiro atoms. The standard InChI is InChI=1S/C19H19F2N3O2S/c1-12(25)24-9-8-13-10-15(4-7-17(13)24)23-18(26)11-22-14-2-5-16(6-3-14)27-19(20)21/h2-7,10,19,22H,8-9,11H2,1H3,(H,23,26). The highest BCUT2D eigenvalue weighted by atomic mass is 32.2. The van der Waals surface area contributed by atoms with Crippen molar-refractivity contribution in [3.63, 3.8) is 0 Å². The third-order valence-corrected chi connectivity index (χ3v) is 4.89. The van der Waals surface area contributed by atoms with E-state index < -0.39 is 5.76 Å². The molecule has 0 saturated heterocycles. The predicted octanol–water partition coefficient (Wildman–Crippen LogP) is 3.96. The first-order valence-electron chi connectivity index (χ1n) is 8.42. The van der Waals surface area contributed by atoms with E-state index in [0.29, 0.717) is 34.6 Å². The molecule has 0 unspecified atom stereocenters. The molecule has 0 saturated carbocycles. The number of fused-ring (bicyclic) bond motifs is 1. The number of carbonyl (C=O) groups is 2. The van der Waals surface area contributed by atoms with E-state index in [0.717, 1.165) is 17.7 Å². The smallest absolute Gasteiger partial charge is 0.288 e. The van der Waals surface area contributed by atoms with Crippen LogP contribution in [0, 0.1) is 0 Å². The van der Waals surface area contributed by atoms with Crippen molar-refractivity contribution in [2.24, 2.45) is 0 Å². The summed E-state index contributed by atoms with van der Waals surface area (Å²) in [5, 5.41) is 5.77. The van der Waals surface area contributed by atoms with Gasteiger partial charge >= 0.3 is 0 Å². The van der Waals surface area contributed by atoms with Crippen molar-refractivity contribution in [3.8, 4) is 0 Å². The Morgan fingerprint density at radius 1 is 1.15 bits per heavy atom. The van der Waals surface area contributed by atoms with Crippen LogP contribution < -0.4 is 15.5 Å². The van der Waals surface area contributed by atoms with Crippen LogP contribution in [0.15, 0.2) is 47.4 Å². The maximum absolute atomic E-state index is 12.3. The highest BCUT2D eigenvalue weighted by molar-refractivity contribution is 7.99. The Balaban J connectivity index is 1.53. The molecule has 5 nitrogen and oxygen atoms in total. The second kappa shape index (κ2) is 8.39. The molecule has 0 bridgehead atoms. The molecule has 0 aromatic heterocycles. The number of rotatable bonds is 6. The average Bonchev–Trinajstić information content (AvgIpc) is 3.04. The lowest BCUT2D eigenvalue weighted by molar-refractivity contribution is -0.116. The van der Waals surface area contributed by atoms with Crippen molar-refractivity contribution in [1.82, 2.24) is 0 Å². The van der Waals surface area contributed by atoms with Crippen LogP contribution in [0.5, 0.6) is 0 Å². The predicted molar refractivity (Wildman–Crippen MR) is 104 cm³/mol. The van der Waals surface area contributed by atoms with E-state index in [1.807, 2.05) is 12.1 Å². The maximum Gasteiger partial charge on any atom is 0.288 e. The molecule has 142 valence electrons. The van der Waals surface area contributed by atoms with Crippen LogP contribution in [0.25, 0.3) is 0 Å². The number of halogens is 2. The number of nitrogens with zero attached hydrogens (tertiary/aromatic N) is 1. The Kier molecular flexibility index (Phi) is 5.95. The Labute approximate surface area is 160 Å². The minimum Gasteiger partial charge on any atom is -0.376 e. The van der Waals surface area contributed by atoms with Crippen LogP contribution in [0.4, 0.5) is 25.8 Å². The largest absolute Gasteiger partial charge is 0.376 e. The third-order valence-electron chi connectivity index (χ3n) is 4.17. The molecular formula is C19H19F2N3O2S. The summed E-state index contributed by atoms with van der Waals surface area (Å²) in [6.07, 6.45) is 0.764. The summed E-state index contributed by atoms with van der Waals surface area (Å²) in [6, 6.07) is 12.0. The normalized spacial score (nSPS) is 12.8. The maximum atomic E-state index is 12.3. The average molecular weight is 391 g/mol. The van der Waals surface area contributed by atoms with Crippen molar-refractivity contribution >= 4 is 40.6 Å². The molecule has 1 heterocycles. The molecule has 27 heavy (non-hydrogen) atoms. The van der Waals surface area contributed by atoms with E-state index in [2.05, 4.69) is 10.6 Å². The van der Waals surface area contributed by atoms with E-state index in [9.17, 15) is 18.4 Å². The van der Waals surface area contributed by atoms with Gasteiger partial charge in [0.2, 0.25) is 11.8 Å². The highest BCUT2D eigenvalue weighted by Crippen LogP contribution is 2.30. The number of thioether (sulfide) groups is 1. The van der Waals surface area contributed by atoms with Crippen molar-refractivity contribution in [3.05, 3.63) is 48.0 Å². The lowest BCUT2D eigenvalue weighted by Gasteiger charge is -2.15. The monoisotopic (exact) mass is 391 g/mol. The molecule has 2 amide bonds. The fraction of sp³-hybridized carbons (Fsp3) is 0.263. The molecular weight excluding hydrogens is 372 g/mol. The minimum atomic E-state index is -2.45. The van der Waals surface area contributed by atoms with Gasteiger partial charge in [-0.05, 0) is 54.4 Å². The fourth-order valence-electron chi connectivity index (χ4n) is 2.95. The van der Waals surface area contributed by atoms with Crippen LogP contribution in [0.3, 0.4) is 0 Å². The quantitative estimate of drug-likeness (QED) is 0.732. The Morgan fingerprint density at radius 3 is 2.52 bits per heavy atom. The minimum absolute atomic E-state index is 0.00713. The molecule has 2 aromatic carbocycles. The Bertz CT molecular complexity index is 843.